The first-order chi connectivity index (χ1) is 8.63. The van der Waals surface area contributed by atoms with E-state index in [1.165, 1.54) is 0 Å². The molecule has 1 aliphatic heterocycles. The monoisotopic (exact) mass is 247 g/mol. The highest BCUT2D eigenvalue weighted by Crippen LogP contribution is 2.11. The van der Waals surface area contributed by atoms with Crippen LogP contribution in [0.5, 0.6) is 0 Å². The van der Waals surface area contributed by atoms with Gasteiger partial charge in [-0.15, -0.1) is 0 Å². The molecule has 0 saturated carbocycles. The predicted molar refractivity (Wildman–Crippen MR) is 73.5 cm³/mol. The van der Waals surface area contributed by atoms with Gasteiger partial charge in [-0.25, -0.2) is 0 Å². The number of rotatable bonds is 5. The number of hydrogen-bond acceptors (Lipinski definition) is 3. The van der Waals surface area contributed by atoms with Gasteiger partial charge in [-0.3, -0.25) is 4.79 Å². The van der Waals surface area contributed by atoms with Crippen molar-refractivity contribution in [3.05, 3.63) is 29.8 Å². The zero-order valence-corrected chi connectivity index (χ0v) is 10.9. The fourth-order valence-electron chi connectivity index (χ4n) is 2.20. The molecule has 1 aromatic carbocycles. The highest BCUT2D eigenvalue weighted by Gasteiger charge is 2.21. The summed E-state index contributed by atoms with van der Waals surface area (Å²) in [6.45, 7) is 4.93. The minimum atomic E-state index is 0.0884. The van der Waals surface area contributed by atoms with E-state index in [2.05, 4.69) is 10.2 Å². The molecular formula is C14H21N3O. The van der Waals surface area contributed by atoms with E-state index in [1.807, 2.05) is 31.2 Å². The highest BCUT2D eigenvalue weighted by molar-refractivity contribution is 5.90. The summed E-state index contributed by atoms with van der Waals surface area (Å²) in [6, 6.07) is 8.20. The maximum Gasteiger partial charge on any atom is 0.224 e. The quantitative estimate of drug-likeness (QED) is 0.826. The lowest BCUT2D eigenvalue weighted by Gasteiger charge is -2.36. The number of nitrogens with one attached hydrogen (secondary N) is 1. The van der Waals surface area contributed by atoms with Crippen LogP contribution in [0.4, 0.5) is 5.69 Å². The van der Waals surface area contributed by atoms with Crippen molar-refractivity contribution in [3.63, 3.8) is 0 Å². The van der Waals surface area contributed by atoms with Gasteiger partial charge in [0, 0.05) is 31.2 Å². The standard InChI is InChI=1S/C14H21N3O/c1-11-4-2-5-13(8-11)16-14(18)6-3-7-17-9-12(15)10-17/h2,4-5,8,12H,3,6-7,9-10,15H2,1H3,(H,16,18). The van der Waals surface area contributed by atoms with Gasteiger partial charge in [0.15, 0.2) is 0 Å². The third-order valence-corrected chi connectivity index (χ3v) is 3.17. The van der Waals surface area contributed by atoms with Gasteiger partial charge in [0.1, 0.15) is 0 Å². The Hall–Kier alpha value is -1.39. The molecule has 98 valence electrons. The average molecular weight is 247 g/mol. The van der Waals surface area contributed by atoms with E-state index in [0.717, 1.165) is 37.3 Å². The summed E-state index contributed by atoms with van der Waals surface area (Å²) in [7, 11) is 0. The van der Waals surface area contributed by atoms with Gasteiger partial charge in [-0.2, -0.15) is 0 Å². The number of anilines is 1. The molecule has 0 unspecified atom stereocenters. The molecule has 1 amide bonds. The molecule has 0 spiro atoms. The molecule has 4 heteroatoms. The zero-order valence-electron chi connectivity index (χ0n) is 10.9. The SMILES string of the molecule is Cc1cccc(NC(=O)CCCN2CC(N)C2)c1. The minimum absolute atomic E-state index is 0.0884. The van der Waals surface area contributed by atoms with E-state index in [0.29, 0.717) is 12.5 Å². The zero-order chi connectivity index (χ0) is 13.0. The molecule has 0 aromatic heterocycles. The minimum Gasteiger partial charge on any atom is -0.326 e. The summed E-state index contributed by atoms with van der Waals surface area (Å²) >= 11 is 0. The third kappa shape index (κ3) is 3.82. The Bertz CT molecular complexity index is 413. The number of nitrogens with two attached hydrogens (primary N) is 1. The Labute approximate surface area is 108 Å². The van der Waals surface area contributed by atoms with Crippen molar-refractivity contribution in [2.45, 2.75) is 25.8 Å². The predicted octanol–water partition coefficient (Wildman–Crippen LogP) is 1.36. The average Bonchev–Trinajstić information content (AvgIpc) is 2.26. The van der Waals surface area contributed by atoms with Crippen LogP contribution in [0.2, 0.25) is 0 Å². The normalized spacial score (nSPS) is 16.3. The van der Waals surface area contributed by atoms with Crippen molar-refractivity contribution in [1.82, 2.24) is 4.90 Å². The van der Waals surface area contributed by atoms with E-state index in [-0.39, 0.29) is 5.91 Å². The fraction of sp³-hybridized carbons (Fsp3) is 0.500. The second-order valence-corrected chi connectivity index (χ2v) is 5.04. The highest BCUT2D eigenvalue weighted by atomic mass is 16.1. The third-order valence-electron chi connectivity index (χ3n) is 3.17. The number of amides is 1. The summed E-state index contributed by atoms with van der Waals surface area (Å²) < 4.78 is 0. The molecule has 1 aromatic rings. The number of nitrogens with zero attached hydrogens (tertiary/aromatic N) is 1. The van der Waals surface area contributed by atoms with Gasteiger partial charge >= 0.3 is 0 Å². The fourth-order valence-corrected chi connectivity index (χ4v) is 2.20. The molecule has 0 atom stereocenters. The van der Waals surface area contributed by atoms with Gasteiger partial charge in [-0.05, 0) is 37.6 Å². The van der Waals surface area contributed by atoms with Crippen LogP contribution in [0.15, 0.2) is 24.3 Å². The molecule has 0 radical (unpaired) electrons. The number of aryl methyl sites for hydroxylation is 1. The van der Waals surface area contributed by atoms with Crippen molar-refractivity contribution in [2.75, 3.05) is 25.0 Å². The van der Waals surface area contributed by atoms with Gasteiger partial charge in [0.2, 0.25) is 5.91 Å². The molecule has 0 bridgehead atoms. The van der Waals surface area contributed by atoms with Gasteiger partial charge in [-0.1, -0.05) is 12.1 Å². The van der Waals surface area contributed by atoms with Gasteiger partial charge < -0.3 is 16.0 Å². The topological polar surface area (TPSA) is 58.4 Å². The van der Waals surface area contributed by atoms with E-state index >= 15 is 0 Å². The van der Waals surface area contributed by atoms with Crippen LogP contribution in [0, 0.1) is 6.92 Å². The lowest BCUT2D eigenvalue weighted by molar-refractivity contribution is -0.116. The summed E-state index contributed by atoms with van der Waals surface area (Å²) in [4.78, 5) is 14.0. The molecule has 1 saturated heterocycles. The van der Waals surface area contributed by atoms with Crippen molar-refractivity contribution >= 4 is 11.6 Å². The molecule has 1 aliphatic rings. The van der Waals surface area contributed by atoms with Crippen LogP contribution in [0.25, 0.3) is 0 Å². The van der Waals surface area contributed by atoms with Crippen LogP contribution in [0.1, 0.15) is 18.4 Å². The maximum absolute atomic E-state index is 11.7. The molecule has 18 heavy (non-hydrogen) atoms. The number of hydrogen-bond donors (Lipinski definition) is 2. The first-order valence-corrected chi connectivity index (χ1v) is 6.48. The van der Waals surface area contributed by atoms with Gasteiger partial charge in [0.25, 0.3) is 0 Å². The van der Waals surface area contributed by atoms with E-state index in [9.17, 15) is 4.79 Å². The number of carbonyl (C=O) groups excluding carboxylic acids is 1. The van der Waals surface area contributed by atoms with Crippen molar-refractivity contribution in [1.29, 1.82) is 0 Å². The Morgan fingerprint density at radius 3 is 2.94 bits per heavy atom. The van der Waals surface area contributed by atoms with Crippen LogP contribution in [0.3, 0.4) is 0 Å². The second kappa shape index (κ2) is 5.98. The van der Waals surface area contributed by atoms with E-state index in [1.54, 1.807) is 0 Å². The molecular weight excluding hydrogens is 226 g/mol. The number of likely N-dealkylation sites (tertiary alicyclic amines) is 1. The van der Waals surface area contributed by atoms with Crippen LogP contribution >= 0.6 is 0 Å². The van der Waals surface area contributed by atoms with Crippen molar-refractivity contribution < 1.29 is 4.79 Å². The second-order valence-electron chi connectivity index (χ2n) is 5.04. The number of benzene rings is 1. The summed E-state index contributed by atoms with van der Waals surface area (Å²) in [5, 5.41) is 2.92. The van der Waals surface area contributed by atoms with Crippen molar-refractivity contribution in [3.8, 4) is 0 Å². The molecule has 3 N–H and O–H groups in total. The number of carbonyl (C=O) groups is 1. The Morgan fingerprint density at radius 2 is 2.28 bits per heavy atom. The smallest absolute Gasteiger partial charge is 0.224 e. The molecule has 1 heterocycles. The maximum atomic E-state index is 11.7. The van der Waals surface area contributed by atoms with Crippen LogP contribution < -0.4 is 11.1 Å². The van der Waals surface area contributed by atoms with E-state index < -0.39 is 0 Å². The summed E-state index contributed by atoms with van der Waals surface area (Å²) in [6.07, 6.45) is 1.46. The lowest BCUT2D eigenvalue weighted by atomic mass is 10.1. The van der Waals surface area contributed by atoms with Crippen LogP contribution in [-0.2, 0) is 4.79 Å². The first-order valence-electron chi connectivity index (χ1n) is 6.48. The van der Waals surface area contributed by atoms with Crippen molar-refractivity contribution in [2.24, 2.45) is 5.73 Å². The van der Waals surface area contributed by atoms with Crippen LogP contribution in [-0.4, -0.2) is 36.5 Å². The largest absolute Gasteiger partial charge is 0.326 e. The summed E-state index contributed by atoms with van der Waals surface area (Å²) in [5.74, 6) is 0.0884. The van der Waals surface area contributed by atoms with E-state index in [4.69, 9.17) is 5.73 Å². The molecule has 1 fully saturated rings. The van der Waals surface area contributed by atoms with Gasteiger partial charge in [0.05, 0.1) is 0 Å². The Kier molecular flexibility index (Phi) is 4.33. The Morgan fingerprint density at radius 1 is 1.50 bits per heavy atom. The summed E-state index contributed by atoms with van der Waals surface area (Å²) in [5.41, 5.74) is 7.73. The Balaban J connectivity index is 1.66. The lowest BCUT2D eigenvalue weighted by Crippen LogP contribution is -2.55. The molecule has 0 aliphatic carbocycles. The molecule has 4 nitrogen and oxygen atoms in total. The molecule has 2 rings (SSSR count). The first kappa shape index (κ1) is 13.1.